The third kappa shape index (κ3) is 3.86. The van der Waals surface area contributed by atoms with Crippen LogP contribution >= 0.6 is 22.6 Å². The molecule has 1 fully saturated rings. The molecule has 20 heavy (non-hydrogen) atoms. The third-order valence-electron chi connectivity index (χ3n) is 4.14. The molecule has 1 saturated carbocycles. The molecule has 0 spiro atoms. The number of halogens is 1. The van der Waals surface area contributed by atoms with E-state index in [0.29, 0.717) is 11.8 Å². The van der Waals surface area contributed by atoms with E-state index in [-0.39, 0.29) is 6.61 Å². The number of furan rings is 1. The van der Waals surface area contributed by atoms with Gasteiger partial charge in [0.15, 0.2) is 0 Å². The zero-order valence-corrected chi connectivity index (χ0v) is 14.1. The van der Waals surface area contributed by atoms with Crippen molar-refractivity contribution in [1.29, 1.82) is 0 Å². The SMILES string of the molecule is C=C(I)[C@@H](C)CC1(O)CC(c2ccc(CCCO)o2)C1. The van der Waals surface area contributed by atoms with Crippen LogP contribution in [0, 0.1) is 5.92 Å². The van der Waals surface area contributed by atoms with Crippen LogP contribution < -0.4 is 0 Å². The molecule has 4 heteroatoms. The summed E-state index contributed by atoms with van der Waals surface area (Å²) < 4.78 is 6.89. The Hall–Kier alpha value is -0.330. The molecule has 0 saturated heterocycles. The lowest BCUT2D eigenvalue weighted by molar-refractivity contribution is -0.0664. The maximum Gasteiger partial charge on any atom is 0.107 e. The number of hydrogen-bond donors (Lipinski definition) is 2. The first kappa shape index (κ1) is 16.0. The molecule has 2 N–H and O–H groups in total. The quantitative estimate of drug-likeness (QED) is 0.697. The first-order valence-electron chi connectivity index (χ1n) is 7.19. The van der Waals surface area contributed by atoms with Crippen molar-refractivity contribution < 1.29 is 14.6 Å². The van der Waals surface area contributed by atoms with E-state index in [9.17, 15) is 5.11 Å². The van der Waals surface area contributed by atoms with Gasteiger partial charge in [0.2, 0.25) is 0 Å². The van der Waals surface area contributed by atoms with E-state index in [1.54, 1.807) is 0 Å². The minimum atomic E-state index is -0.559. The molecule has 0 aromatic carbocycles. The largest absolute Gasteiger partial charge is 0.466 e. The molecule has 0 amide bonds. The van der Waals surface area contributed by atoms with Crippen LogP contribution in [0.3, 0.4) is 0 Å². The second-order valence-electron chi connectivity index (χ2n) is 6.01. The summed E-state index contributed by atoms with van der Waals surface area (Å²) in [6.07, 6.45) is 3.84. The maximum atomic E-state index is 10.5. The number of allylic oxidation sites excluding steroid dienone is 1. The number of rotatable bonds is 7. The van der Waals surface area contributed by atoms with Gasteiger partial charge >= 0.3 is 0 Å². The first-order valence-corrected chi connectivity index (χ1v) is 8.27. The van der Waals surface area contributed by atoms with Gasteiger partial charge in [-0.3, -0.25) is 0 Å². The van der Waals surface area contributed by atoms with Crippen molar-refractivity contribution in [2.24, 2.45) is 5.92 Å². The van der Waals surface area contributed by atoms with E-state index < -0.39 is 5.60 Å². The van der Waals surface area contributed by atoms with E-state index in [1.165, 1.54) is 0 Å². The maximum absolute atomic E-state index is 10.5. The Bertz CT molecular complexity index is 460. The van der Waals surface area contributed by atoms with E-state index >= 15 is 0 Å². The Kier molecular flexibility index (Phi) is 5.31. The van der Waals surface area contributed by atoms with Crippen molar-refractivity contribution in [1.82, 2.24) is 0 Å². The number of aryl methyl sites for hydroxylation is 1. The van der Waals surface area contributed by atoms with Gasteiger partial charge in [0.05, 0.1) is 5.60 Å². The van der Waals surface area contributed by atoms with E-state index in [1.807, 2.05) is 12.1 Å². The zero-order chi connectivity index (χ0) is 14.8. The highest BCUT2D eigenvalue weighted by atomic mass is 127. The van der Waals surface area contributed by atoms with Gasteiger partial charge in [-0.15, -0.1) is 0 Å². The van der Waals surface area contributed by atoms with Crippen molar-refractivity contribution in [3.63, 3.8) is 0 Å². The lowest BCUT2D eigenvalue weighted by Gasteiger charge is -2.44. The van der Waals surface area contributed by atoms with Gasteiger partial charge in [-0.05, 0) is 69.9 Å². The molecule has 0 bridgehead atoms. The molecule has 112 valence electrons. The topological polar surface area (TPSA) is 53.6 Å². The summed E-state index contributed by atoms with van der Waals surface area (Å²) in [5.74, 6) is 2.58. The molecule has 0 unspecified atom stereocenters. The Morgan fingerprint density at radius 1 is 1.55 bits per heavy atom. The zero-order valence-electron chi connectivity index (χ0n) is 11.9. The van der Waals surface area contributed by atoms with Gasteiger partial charge in [0.25, 0.3) is 0 Å². The van der Waals surface area contributed by atoms with Crippen LogP contribution in [0.4, 0.5) is 0 Å². The van der Waals surface area contributed by atoms with Crippen LogP contribution in [0.1, 0.15) is 50.0 Å². The summed E-state index contributed by atoms with van der Waals surface area (Å²) in [5.41, 5.74) is -0.559. The molecule has 0 aliphatic heterocycles. The summed E-state index contributed by atoms with van der Waals surface area (Å²) >= 11 is 2.24. The molecular formula is C16H23IO3. The lowest BCUT2D eigenvalue weighted by Crippen LogP contribution is -2.43. The smallest absolute Gasteiger partial charge is 0.107 e. The van der Waals surface area contributed by atoms with Crippen molar-refractivity contribution in [3.05, 3.63) is 33.8 Å². The average Bonchev–Trinajstić information content (AvgIpc) is 2.81. The van der Waals surface area contributed by atoms with Crippen molar-refractivity contribution in [2.75, 3.05) is 6.61 Å². The van der Waals surface area contributed by atoms with Crippen LogP contribution in [-0.2, 0) is 6.42 Å². The van der Waals surface area contributed by atoms with E-state index in [4.69, 9.17) is 9.52 Å². The highest BCUT2D eigenvalue weighted by molar-refractivity contribution is 14.1. The standard InChI is InChI=1S/C16H23IO3/c1-11(12(2)17)8-16(19)9-13(10-16)15-6-5-14(20-15)4-3-7-18/h5-6,11,13,18-19H,2-4,7-10H2,1H3/t11-,13?,16?/m0/s1. The molecular weight excluding hydrogens is 367 g/mol. The second-order valence-corrected chi connectivity index (χ2v) is 7.40. The number of aliphatic hydroxyl groups is 2. The fourth-order valence-corrected chi connectivity index (χ4v) is 3.13. The summed E-state index contributed by atoms with van der Waals surface area (Å²) in [4.78, 5) is 0. The fraction of sp³-hybridized carbons (Fsp3) is 0.625. The predicted molar refractivity (Wildman–Crippen MR) is 88.0 cm³/mol. The minimum absolute atomic E-state index is 0.192. The fourth-order valence-electron chi connectivity index (χ4n) is 2.91. The number of aliphatic hydroxyl groups excluding tert-OH is 1. The first-order chi connectivity index (χ1) is 9.43. The minimum Gasteiger partial charge on any atom is -0.466 e. The highest BCUT2D eigenvalue weighted by Crippen LogP contribution is 2.49. The van der Waals surface area contributed by atoms with Crippen LogP contribution in [0.25, 0.3) is 0 Å². The average molecular weight is 390 g/mol. The molecule has 1 aliphatic rings. The lowest BCUT2D eigenvalue weighted by atomic mass is 9.66. The van der Waals surface area contributed by atoms with Crippen LogP contribution in [0.15, 0.2) is 26.7 Å². The second kappa shape index (κ2) is 6.62. The molecule has 1 aromatic heterocycles. The monoisotopic (exact) mass is 390 g/mol. The van der Waals surface area contributed by atoms with Gasteiger partial charge in [-0.1, -0.05) is 13.5 Å². The van der Waals surface area contributed by atoms with Gasteiger partial charge in [-0.25, -0.2) is 0 Å². The van der Waals surface area contributed by atoms with E-state index in [0.717, 1.165) is 47.2 Å². The summed E-state index contributed by atoms with van der Waals surface area (Å²) in [6.45, 7) is 6.25. The van der Waals surface area contributed by atoms with Crippen molar-refractivity contribution in [2.45, 2.75) is 50.5 Å². The molecule has 2 rings (SSSR count). The van der Waals surface area contributed by atoms with Crippen LogP contribution in [0.5, 0.6) is 0 Å². The molecule has 1 atom stereocenters. The molecule has 3 nitrogen and oxygen atoms in total. The predicted octanol–water partition coefficient (Wildman–Crippen LogP) is 3.79. The Morgan fingerprint density at radius 3 is 2.85 bits per heavy atom. The summed E-state index contributed by atoms with van der Waals surface area (Å²) in [7, 11) is 0. The summed E-state index contributed by atoms with van der Waals surface area (Å²) in [5, 5.41) is 19.3. The van der Waals surface area contributed by atoms with Crippen molar-refractivity contribution in [3.8, 4) is 0 Å². The molecule has 0 radical (unpaired) electrons. The molecule has 1 aromatic rings. The van der Waals surface area contributed by atoms with E-state index in [2.05, 4.69) is 36.1 Å². The highest BCUT2D eigenvalue weighted by Gasteiger charge is 2.45. The van der Waals surface area contributed by atoms with Gasteiger partial charge in [0, 0.05) is 18.9 Å². The van der Waals surface area contributed by atoms with Gasteiger partial charge in [-0.2, -0.15) is 0 Å². The van der Waals surface area contributed by atoms with Gasteiger partial charge < -0.3 is 14.6 Å². The Labute approximate surface area is 134 Å². The van der Waals surface area contributed by atoms with Crippen LogP contribution in [-0.4, -0.2) is 22.4 Å². The van der Waals surface area contributed by atoms with Gasteiger partial charge in [0.1, 0.15) is 11.5 Å². The summed E-state index contributed by atoms with van der Waals surface area (Å²) in [6, 6.07) is 4.00. The van der Waals surface area contributed by atoms with Crippen LogP contribution in [0.2, 0.25) is 0 Å². The normalized spacial score (nSPS) is 27.1. The Morgan fingerprint density at radius 2 is 2.25 bits per heavy atom. The molecule has 1 heterocycles. The molecule has 1 aliphatic carbocycles. The third-order valence-corrected chi connectivity index (χ3v) is 5.20. The number of hydrogen-bond acceptors (Lipinski definition) is 3. The van der Waals surface area contributed by atoms with Crippen molar-refractivity contribution >= 4 is 22.6 Å². The Balaban J connectivity index is 1.86.